The Bertz CT molecular complexity index is 754. The molecule has 1 heterocycles. The zero-order valence-electron chi connectivity index (χ0n) is 12.6. The van der Waals surface area contributed by atoms with E-state index in [2.05, 4.69) is 10.4 Å². The van der Waals surface area contributed by atoms with E-state index in [9.17, 15) is 13.2 Å². The van der Waals surface area contributed by atoms with Gasteiger partial charge in [-0.3, -0.25) is 9.48 Å². The van der Waals surface area contributed by atoms with Crippen molar-refractivity contribution in [2.45, 2.75) is 17.9 Å². The van der Waals surface area contributed by atoms with E-state index >= 15 is 0 Å². The summed E-state index contributed by atoms with van der Waals surface area (Å²) in [6.07, 6.45) is 3.28. The maximum Gasteiger partial charge on any atom is 0.248 e. The van der Waals surface area contributed by atoms with Crippen molar-refractivity contribution in [3.63, 3.8) is 0 Å². The second-order valence-electron chi connectivity index (χ2n) is 4.97. The fraction of sp³-hybridized carbons (Fsp3) is 0.286. The number of aromatic nitrogens is 2. The number of benzene rings is 1. The van der Waals surface area contributed by atoms with Gasteiger partial charge in [0.1, 0.15) is 6.04 Å². The Balaban J connectivity index is 2.19. The van der Waals surface area contributed by atoms with Crippen molar-refractivity contribution >= 4 is 21.6 Å². The highest BCUT2D eigenvalue weighted by Gasteiger charge is 2.19. The van der Waals surface area contributed by atoms with Gasteiger partial charge in [-0.25, -0.2) is 12.7 Å². The van der Waals surface area contributed by atoms with E-state index in [0.717, 1.165) is 4.31 Å². The van der Waals surface area contributed by atoms with Crippen LogP contribution in [0.5, 0.6) is 0 Å². The van der Waals surface area contributed by atoms with Crippen LogP contribution in [0.25, 0.3) is 0 Å². The lowest BCUT2D eigenvalue weighted by Gasteiger charge is -2.15. The van der Waals surface area contributed by atoms with Gasteiger partial charge in [0, 0.05) is 32.2 Å². The molecule has 1 amide bonds. The van der Waals surface area contributed by atoms with Gasteiger partial charge in [0.05, 0.1) is 4.90 Å². The molecule has 0 fully saturated rings. The molecule has 22 heavy (non-hydrogen) atoms. The van der Waals surface area contributed by atoms with Crippen molar-refractivity contribution < 1.29 is 13.2 Å². The van der Waals surface area contributed by atoms with Crippen molar-refractivity contribution in [3.8, 4) is 0 Å². The van der Waals surface area contributed by atoms with Crippen LogP contribution in [0.1, 0.15) is 13.0 Å². The molecule has 0 aliphatic carbocycles. The number of amides is 1. The van der Waals surface area contributed by atoms with Crippen LogP contribution in [-0.2, 0) is 14.8 Å². The molecule has 0 saturated heterocycles. The van der Waals surface area contributed by atoms with Gasteiger partial charge in [-0.1, -0.05) is 6.07 Å². The number of hydrogen-bond donors (Lipinski definition) is 1. The zero-order chi connectivity index (χ0) is 16.3. The van der Waals surface area contributed by atoms with Crippen molar-refractivity contribution in [1.82, 2.24) is 14.1 Å². The molecule has 8 heteroatoms. The van der Waals surface area contributed by atoms with Gasteiger partial charge < -0.3 is 5.32 Å². The Morgan fingerprint density at radius 2 is 2.05 bits per heavy atom. The van der Waals surface area contributed by atoms with Gasteiger partial charge in [-0.05, 0) is 31.2 Å². The molecule has 0 bridgehead atoms. The van der Waals surface area contributed by atoms with Crippen LogP contribution < -0.4 is 5.32 Å². The van der Waals surface area contributed by atoms with Crippen LogP contribution in [0, 0.1) is 0 Å². The van der Waals surface area contributed by atoms with E-state index < -0.39 is 16.1 Å². The summed E-state index contributed by atoms with van der Waals surface area (Å²) in [5.74, 6) is -0.275. The Morgan fingerprint density at radius 3 is 2.64 bits per heavy atom. The molecule has 7 nitrogen and oxygen atoms in total. The Hall–Kier alpha value is -2.19. The molecule has 1 unspecified atom stereocenters. The number of carbonyl (C=O) groups is 1. The van der Waals surface area contributed by atoms with E-state index in [1.54, 1.807) is 37.5 Å². The SMILES string of the molecule is CC(C(=O)Nc1cccc(S(=O)(=O)N(C)C)c1)n1cccn1. The number of sulfonamides is 1. The van der Waals surface area contributed by atoms with Crippen molar-refractivity contribution in [2.24, 2.45) is 0 Å². The number of nitrogens with one attached hydrogen (secondary N) is 1. The van der Waals surface area contributed by atoms with E-state index in [1.807, 2.05) is 0 Å². The topological polar surface area (TPSA) is 84.3 Å². The number of hydrogen-bond acceptors (Lipinski definition) is 4. The Labute approximate surface area is 129 Å². The molecule has 118 valence electrons. The molecule has 2 rings (SSSR count). The predicted octanol–water partition coefficient (Wildman–Crippen LogP) is 1.33. The third-order valence-electron chi connectivity index (χ3n) is 3.18. The minimum atomic E-state index is -3.53. The smallest absolute Gasteiger partial charge is 0.248 e. The summed E-state index contributed by atoms with van der Waals surface area (Å²) in [5.41, 5.74) is 0.423. The first-order valence-electron chi connectivity index (χ1n) is 6.65. The maximum atomic E-state index is 12.2. The quantitative estimate of drug-likeness (QED) is 0.900. The molecule has 0 aliphatic heterocycles. The average molecular weight is 322 g/mol. The third-order valence-corrected chi connectivity index (χ3v) is 4.99. The van der Waals surface area contributed by atoms with Gasteiger partial charge in [-0.15, -0.1) is 0 Å². The van der Waals surface area contributed by atoms with Crippen LogP contribution in [0.2, 0.25) is 0 Å². The van der Waals surface area contributed by atoms with E-state index in [-0.39, 0.29) is 10.8 Å². The van der Waals surface area contributed by atoms with Crippen molar-refractivity contribution in [1.29, 1.82) is 0 Å². The highest BCUT2D eigenvalue weighted by atomic mass is 32.2. The first kappa shape index (κ1) is 16.2. The normalized spacial score (nSPS) is 13.1. The third kappa shape index (κ3) is 3.34. The lowest BCUT2D eigenvalue weighted by molar-refractivity contribution is -0.119. The summed E-state index contributed by atoms with van der Waals surface area (Å²) in [6.45, 7) is 1.71. The molecule has 1 N–H and O–H groups in total. The summed E-state index contributed by atoms with van der Waals surface area (Å²) in [6, 6.07) is 7.38. The molecule has 0 saturated carbocycles. The number of anilines is 1. The largest absolute Gasteiger partial charge is 0.324 e. The standard InChI is InChI=1S/C14H18N4O3S/c1-11(18-9-5-8-15-18)14(19)16-12-6-4-7-13(10-12)22(20,21)17(2)3/h4-11H,1-3H3,(H,16,19). The summed E-state index contributed by atoms with van der Waals surface area (Å²) in [7, 11) is -0.617. The fourth-order valence-electron chi connectivity index (χ4n) is 1.82. The Kier molecular flexibility index (Phi) is 4.62. The first-order valence-corrected chi connectivity index (χ1v) is 8.09. The Morgan fingerprint density at radius 1 is 1.32 bits per heavy atom. The highest BCUT2D eigenvalue weighted by Crippen LogP contribution is 2.19. The molecule has 0 aliphatic rings. The van der Waals surface area contributed by atoms with Gasteiger partial charge in [0.25, 0.3) is 0 Å². The number of rotatable bonds is 5. The second kappa shape index (κ2) is 6.29. The van der Waals surface area contributed by atoms with Crippen LogP contribution >= 0.6 is 0 Å². The van der Waals surface area contributed by atoms with Crippen LogP contribution in [0.4, 0.5) is 5.69 Å². The van der Waals surface area contributed by atoms with E-state index in [4.69, 9.17) is 0 Å². The van der Waals surface area contributed by atoms with Gasteiger partial charge in [0.15, 0.2) is 0 Å². The number of carbonyl (C=O) groups excluding carboxylic acids is 1. The van der Waals surface area contributed by atoms with Crippen LogP contribution in [0.15, 0.2) is 47.6 Å². The monoisotopic (exact) mass is 322 g/mol. The molecular formula is C14H18N4O3S. The number of nitrogens with zero attached hydrogens (tertiary/aromatic N) is 3. The molecule has 1 aromatic heterocycles. The average Bonchev–Trinajstić information content (AvgIpc) is 3.00. The fourth-order valence-corrected chi connectivity index (χ4v) is 2.77. The molecule has 0 radical (unpaired) electrons. The predicted molar refractivity (Wildman–Crippen MR) is 82.9 cm³/mol. The minimum Gasteiger partial charge on any atom is -0.324 e. The van der Waals surface area contributed by atoms with Crippen LogP contribution in [0.3, 0.4) is 0 Å². The summed E-state index contributed by atoms with van der Waals surface area (Å²) in [5, 5.41) is 6.71. The van der Waals surface area contributed by atoms with Gasteiger partial charge in [-0.2, -0.15) is 5.10 Å². The molecule has 2 aromatic rings. The summed E-state index contributed by atoms with van der Waals surface area (Å²) in [4.78, 5) is 12.3. The lowest BCUT2D eigenvalue weighted by atomic mass is 10.2. The highest BCUT2D eigenvalue weighted by molar-refractivity contribution is 7.89. The van der Waals surface area contributed by atoms with Gasteiger partial charge in [0.2, 0.25) is 15.9 Å². The molecule has 0 spiro atoms. The summed E-state index contributed by atoms with van der Waals surface area (Å²) >= 11 is 0. The van der Waals surface area contributed by atoms with Crippen molar-refractivity contribution in [3.05, 3.63) is 42.7 Å². The lowest BCUT2D eigenvalue weighted by Crippen LogP contribution is -2.25. The van der Waals surface area contributed by atoms with E-state index in [0.29, 0.717) is 5.69 Å². The second-order valence-corrected chi connectivity index (χ2v) is 7.12. The van der Waals surface area contributed by atoms with Crippen molar-refractivity contribution in [2.75, 3.05) is 19.4 Å². The van der Waals surface area contributed by atoms with Gasteiger partial charge >= 0.3 is 0 Å². The molecule has 1 aromatic carbocycles. The van der Waals surface area contributed by atoms with Crippen LogP contribution in [-0.4, -0.2) is 42.5 Å². The minimum absolute atomic E-state index is 0.127. The summed E-state index contributed by atoms with van der Waals surface area (Å²) < 4.78 is 26.8. The van der Waals surface area contributed by atoms with E-state index in [1.165, 1.54) is 30.9 Å². The first-order chi connectivity index (χ1) is 10.3. The zero-order valence-corrected chi connectivity index (χ0v) is 13.4. The molecular weight excluding hydrogens is 304 g/mol. The maximum absolute atomic E-state index is 12.2. The molecule has 1 atom stereocenters.